The summed E-state index contributed by atoms with van der Waals surface area (Å²) in [6.07, 6.45) is 1.92. The highest BCUT2D eigenvalue weighted by molar-refractivity contribution is 8.23. The van der Waals surface area contributed by atoms with Gasteiger partial charge in [0.15, 0.2) is 0 Å². The van der Waals surface area contributed by atoms with Crippen molar-refractivity contribution in [1.82, 2.24) is 0 Å². The smallest absolute Gasteiger partial charge is 0.0790 e. The van der Waals surface area contributed by atoms with Crippen LogP contribution in [0.5, 0.6) is 0 Å². The Morgan fingerprint density at radius 2 is 2.08 bits per heavy atom. The summed E-state index contributed by atoms with van der Waals surface area (Å²) in [4.78, 5) is 0. The molecule has 4 heteroatoms. The van der Waals surface area contributed by atoms with Gasteiger partial charge in [-0.2, -0.15) is 0 Å². The van der Waals surface area contributed by atoms with Gasteiger partial charge in [-0.3, -0.25) is 0 Å². The average Bonchev–Trinajstić information content (AvgIpc) is 2.03. The molecule has 0 atom stereocenters. The highest BCUT2D eigenvalue weighted by atomic mass is 35.5. The third kappa shape index (κ3) is 2.36. The van der Waals surface area contributed by atoms with E-state index in [0.717, 1.165) is 9.76 Å². The molecule has 0 saturated heterocycles. The van der Waals surface area contributed by atoms with Crippen LogP contribution in [0.15, 0.2) is 18.2 Å². The van der Waals surface area contributed by atoms with E-state index < -0.39 is 0 Å². The molecule has 0 radical (unpaired) electrons. The van der Waals surface area contributed by atoms with Gasteiger partial charge >= 0.3 is 0 Å². The first-order valence-electron chi connectivity index (χ1n) is 3.18. The zero-order valence-electron chi connectivity index (χ0n) is 6.30. The third-order valence-corrected chi connectivity index (χ3v) is 3.19. The first kappa shape index (κ1) is 10.3. The molecular formula is C8H6Cl2S2. The molecule has 0 aliphatic carbocycles. The van der Waals surface area contributed by atoms with Crippen LogP contribution in [-0.4, -0.2) is 10.5 Å². The van der Waals surface area contributed by atoms with Gasteiger partial charge < -0.3 is 0 Å². The van der Waals surface area contributed by atoms with Crippen molar-refractivity contribution in [2.45, 2.75) is 0 Å². The molecule has 12 heavy (non-hydrogen) atoms. The molecule has 1 rings (SSSR count). The second-order valence-electron chi connectivity index (χ2n) is 2.12. The SMILES string of the molecule is CSC(=S)c1ccc(Cl)cc1Cl. The standard InChI is InChI=1S/C8H6Cl2S2/c1-12-8(11)6-3-2-5(9)4-7(6)10/h2-4H,1H3. The summed E-state index contributed by atoms with van der Waals surface area (Å²) in [7, 11) is 0. The van der Waals surface area contributed by atoms with E-state index in [1.807, 2.05) is 12.3 Å². The highest BCUT2D eigenvalue weighted by Crippen LogP contribution is 2.24. The van der Waals surface area contributed by atoms with E-state index in [-0.39, 0.29) is 0 Å². The van der Waals surface area contributed by atoms with E-state index in [1.54, 1.807) is 12.1 Å². The molecule has 0 aliphatic rings. The van der Waals surface area contributed by atoms with Crippen LogP contribution in [0.4, 0.5) is 0 Å². The lowest BCUT2D eigenvalue weighted by Gasteiger charge is -2.02. The van der Waals surface area contributed by atoms with Crippen LogP contribution in [0.25, 0.3) is 0 Å². The van der Waals surface area contributed by atoms with Crippen molar-refractivity contribution in [3.8, 4) is 0 Å². The second kappa shape index (κ2) is 4.47. The Balaban J connectivity index is 3.09. The van der Waals surface area contributed by atoms with E-state index in [2.05, 4.69) is 0 Å². The minimum Gasteiger partial charge on any atom is -0.117 e. The van der Waals surface area contributed by atoms with Crippen molar-refractivity contribution in [1.29, 1.82) is 0 Å². The molecule has 0 amide bonds. The van der Waals surface area contributed by atoms with E-state index in [1.165, 1.54) is 11.8 Å². The van der Waals surface area contributed by atoms with E-state index in [0.29, 0.717) is 10.0 Å². The molecule has 0 heterocycles. The summed E-state index contributed by atoms with van der Waals surface area (Å²) in [6, 6.07) is 5.32. The molecular weight excluding hydrogens is 231 g/mol. The fourth-order valence-electron chi connectivity index (χ4n) is 0.765. The van der Waals surface area contributed by atoms with Gasteiger partial charge in [-0.15, -0.1) is 11.8 Å². The molecule has 0 nitrogen and oxygen atoms in total. The lowest BCUT2D eigenvalue weighted by atomic mass is 10.2. The Morgan fingerprint density at radius 3 is 2.58 bits per heavy atom. The molecule has 0 saturated carbocycles. The summed E-state index contributed by atoms with van der Waals surface area (Å²) < 4.78 is 0.789. The lowest BCUT2D eigenvalue weighted by molar-refractivity contribution is 1.68. The molecule has 0 aromatic heterocycles. The van der Waals surface area contributed by atoms with Crippen molar-refractivity contribution >= 4 is 51.4 Å². The Hall–Kier alpha value is 0.240. The Kier molecular flexibility index (Phi) is 3.84. The second-order valence-corrected chi connectivity index (χ2v) is 4.44. The molecule has 0 aliphatic heterocycles. The fourth-order valence-corrected chi connectivity index (χ4v) is 1.96. The molecule has 0 unspecified atom stereocenters. The van der Waals surface area contributed by atoms with Gasteiger partial charge in [0.05, 0.1) is 9.22 Å². The van der Waals surface area contributed by atoms with Crippen molar-refractivity contribution in [2.24, 2.45) is 0 Å². The van der Waals surface area contributed by atoms with Gasteiger partial charge in [-0.25, -0.2) is 0 Å². The normalized spacial score (nSPS) is 9.92. The predicted octanol–water partition coefficient (Wildman–Crippen LogP) is 4.03. The van der Waals surface area contributed by atoms with Crippen LogP contribution < -0.4 is 0 Å². The first-order chi connectivity index (χ1) is 5.65. The van der Waals surface area contributed by atoms with E-state index >= 15 is 0 Å². The van der Waals surface area contributed by atoms with E-state index in [4.69, 9.17) is 35.4 Å². The predicted molar refractivity (Wildman–Crippen MR) is 61.7 cm³/mol. The van der Waals surface area contributed by atoms with Crippen molar-refractivity contribution < 1.29 is 0 Å². The molecule has 0 bridgehead atoms. The topological polar surface area (TPSA) is 0 Å². The van der Waals surface area contributed by atoms with Crippen molar-refractivity contribution in [3.05, 3.63) is 33.8 Å². The zero-order chi connectivity index (χ0) is 9.14. The van der Waals surface area contributed by atoms with Gasteiger partial charge in [0.1, 0.15) is 0 Å². The highest BCUT2D eigenvalue weighted by Gasteiger charge is 2.04. The number of hydrogen-bond donors (Lipinski definition) is 0. The van der Waals surface area contributed by atoms with Crippen LogP contribution in [0.3, 0.4) is 0 Å². The summed E-state index contributed by atoms with van der Waals surface area (Å²) in [6.45, 7) is 0. The lowest BCUT2D eigenvalue weighted by Crippen LogP contribution is -1.90. The Morgan fingerprint density at radius 1 is 1.42 bits per heavy atom. The minimum absolute atomic E-state index is 0.613. The van der Waals surface area contributed by atoms with Crippen LogP contribution in [0.2, 0.25) is 10.0 Å². The van der Waals surface area contributed by atoms with Gasteiger partial charge in [0.2, 0.25) is 0 Å². The average molecular weight is 237 g/mol. The number of hydrogen-bond acceptors (Lipinski definition) is 2. The maximum Gasteiger partial charge on any atom is 0.0790 e. The van der Waals surface area contributed by atoms with Crippen LogP contribution >= 0.6 is 47.2 Å². The molecule has 64 valence electrons. The van der Waals surface area contributed by atoms with Crippen LogP contribution in [0, 0.1) is 0 Å². The molecule has 0 fully saturated rings. The Labute approximate surface area is 91.2 Å². The Bertz CT molecular complexity index is 310. The number of thioether (sulfide) groups is 1. The number of halogens is 2. The molecule has 0 spiro atoms. The largest absolute Gasteiger partial charge is 0.117 e. The summed E-state index contributed by atoms with van der Waals surface area (Å²) in [5.41, 5.74) is 0.878. The third-order valence-electron chi connectivity index (χ3n) is 1.34. The quantitative estimate of drug-likeness (QED) is 0.676. The summed E-state index contributed by atoms with van der Waals surface area (Å²) >= 11 is 18.2. The summed E-state index contributed by atoms with van der Waals surface area (Å²) in [5, 5.41) is 1.24. The van der Waals surface area contributed by atoms with Gasteiger partial charge in [-0.1, -0.05) is 41.5 Å². The number of benzene rings is 1. The molecule has 0 N–H and O–H groups in total. The summed E-state index contributed by atoms with van der Waals surface area (Å²) in [5.74, 6) is 0. The monoisotopic (exact) mass is 236 g/mol. The molecule has 1 aromatic rings. The fraction of sp³-hybridized carbons (Fsp3) is 0.125. The number of rotatable bonds is 1. The number of thiocarbonyl (C=S) groups is 1. The van der Waals surface area contributed by atoms with Gasteiger partial charge in [-0.05, 0) is 18.4 Å². The van der Waals surface area contributed by atoms with Gasteiger partial charge in [0.25, 0.3) is 0 Å². The van der Waals surface area contributed by atoms with E-state index in [9.17, 15) is 0 Å². The van der Waals surface area contributed by atoms with Gasteiger partial charge in [0, 0.05) is 10.6 Å². The zero-order valence-corrected chi connectivity index (χ0v) is 9.45. The van der Waals surface area contributed by atoms with Crippen molar-refractivity contribution in [3.63, 3.8) is 0 Å². The van der Waals surface area contributed by atoms with Crippen LogP contribution in [0.1, 0.15) is 5.56 Å². The first-order valence-corrected chi connectivity index (χ1v) is 5.57. The van der Waals surface area contributed by atoms with Crippen LogP contribution in [-0.2, 0) is 0 Å². The minimum atomic E-state index is 0.613. The van der Waals surface area contributed by atoms with Crippen molar-refractivity contribution in [2.75, 3.05) is 6.26 Å². The maximum absolute atomic E-state index is 5.92. The maximum atomic E-state index is 5.92. The molecule has 1 aromatic carbocycles.